The smallest absolute Gasteiger partial charge is 0.0587 e. The average Bonchev–Trinajstić information content (AvgIpc) is 3.35. The van der Waals surface area contributed by atoms with Crippen LogP contribution in [0.3, 0.4) is 0 Å². The van der Waals surface area contributed by atoms with Crippen LogP contribution in [0.2, 0.25) is 0 Å². The second-order valence-corrected chi connectivity index (χ2v) is 6.55. The molecular formula is C18H27NO2. The minimum absolute atomic E-state index is 0.326. The summed E-state index contributed by atoms with van der Waals surface area (Å²) in [7, 11) is 1.76. The molecule has 2 fully saturated rings. The molecule has 0 aromatic heterocycles. The maximum Gasteiger partial charge on any atom is 0.0587 e. The van der Waals surface area contributed by atoms with Crippen molar-refractivity contribution >= 4 is 0 Å². The molecule has 3 rings (SSSR count). The fourth-order valence-corrected chi connectivity index (χ4v) is 3.89. The van der Waals surface area contributed by atoms with Gasteiger partial charge in [0.1, 0.15) is 0 Å². The molecule has 3 unspecified atom stereocenters. The molecule has 0 radical (unpaired) electrons. The number of nitrogens with one attached hydrogen (secondary N) is 1. The van der Waals surface area contributed by atoms with Crippen LogP contribution >= 0.6 is 0 Å². The number of hydrogen-bond acceptors (Lipinski definition) is 3. The van der Waals surface area contributed by atoms with Crippen molar-refractivity contribution in [2.75, 3.05) is 40.0 Å². The van der Waals surface area contributed by atoms with E-state index < -0.39 is 0 Å². The monoisotopic (exact) mass is 289 g/mol. The Morgan fingerprint density at radius 3 is 2.90 bits per heavy atom. The lowest BCUT2D eigenvalue weighted by Gasteiger charge is -2.38. The van der Waals surface area contributed by atoms with Gasteiger partial charge in [0.2, 0.25) is 0 Å². The van der Waals surface area contributed by atoms with Gasteiger partial charge < -0.3 is 14.8 Å². The number of ether oxygens (including phenoxy) is 2. The molecule has 1 heterocycles. The van der Waals surface area contributed by atoms with Crippen LogP contribution in [0.25, 0.3) is 0 Å². The number of methoxy groups -OCH3 is 1. The van der Waals surface area contributed by atoms with Crippen LogP contribution in [-0.2, 0) is 9.47 Å². The first-order valence-electron chi connectivity index (χ1n) is 8.18. The molecule has 0 bridgehead atoms. The van der Waals surface area contributed by atoms with Crippen molar-refractivity contribution in [1.29, 1.82) is 0 Å². The van der Waals surface area contributed by atoms with Crippen molar-refractivity contribution in [3.8, 4) is 0 Å². The van der Waals surface area contributed by atoms with Gasteiger partial charge in [0.05, 0.1) is 13.2 Å². The van der Waals surface area contributed by atoms with Gasteiger partial charge in [-0.1, -0.05) is 30.3 Å². The minimum Gasteiger partial charge on any atom is -0.383 e. The summed E-state index contributed by atoms with van der Waals surface area (Å²) in [5, 5.41) is 3.59. The van der Waals surface area contributed by atoms with E-state index in [-0.39, 0.29) is 0 Å². The molecule has 3 atom stereocenters. The largest absolute Gasteiger partial charge is 0.383 e. The van der Waals surface area contributed by atoms with E-state index in [1.165, 1.54) is 24.8 Å². The van der Waals surface area contributed by atoms with Crippen LogP contribution in [0, 0.1) is 11.3 Å². The quantitative estimate of drug-likeness (QED) is 0.783. The van der Waals surface area contributed by atoms with Gasteiger partial charge in [-0.15, -0.1) is 0 Å². The lowest BCUT2D eigenvalue weighted by atomic mass is 9.76. The maximum absolute atomic E-state index is 5.86. The Morgan fingerprint density at radius 2 is 2.19 bits per heavy atom. The Labute approximate surface area is 128 Å². The number of benzene rings is 1. The number of hydrogen-bond donors (Lipinski definition) is 1. The summed E-state index contributed by atoms with van der Waals surface area (Å²) in [5.41, 5.74) is 1.83. The second kappa shape index (κ2) is 6.91. The molecule has 3 heteroatoms. The van der Waals surface area contributed by atoms with Crippen LogP contribution < -0.4 is 5.32 Å². The molecule has 0 spiro atoms. The van der Waals surface area contributed by atoms with Crippen molar-refractivity contribution in [1.82, 2.24) is 5.32 Å². The molecule has 2 aliphatic rings. The van der Waals surface area contributed by atoms with Gasteiger partial charge in [-0.05, 0) is 36.7 Å². The zero-order valence-electron chi connectivity index (χ0n) is 13.0. The number of rotatable bonds is 7. The zero-order chi connectivity index (χ0) is 14.5. The molecule has 116 valence electrons. The molecule has 21 heavy (non-hydrogen) atoms. The van der Waals surface area contributed by atoms with Gasteiger partial charge in [-0.3, -0.25) is 0 Å². The maximum atomic E-state index is 5.86. The van der Waals surface area contributed by atoms with E-state index in [1.807, 2.05) is 0 Å². The molecule has 1 aromatic rings. The third-order valence-electron chi connectivity index (χ3n) is 5.12. The summed E-state index contributed by atoms with van der Waals surface area (Å²) in [4.78, 5) is 0. The van der Waals surface area contributed by atoms with Crippen LogP contribution in [-0.4, -0.2) is 40.0 Å². The summed E-state index contributed by atoms with van der Waals surface area (Å²) < 4.78 is 11.0. The first-order valence-corrected chi connectivity index (χ1v) is 8.18. The summed E-state index contributed by atoms with van der Waals surface area (Å²) in [6, 6.07) is 11.0. The van der Waals surface area contributed by atoms with Crippen LogP contribution in [0.15, 0.2) is 30.3 Å². The van der Waals surface area contributed by atoms with Crippen molar-refractivity contribution in [3.63, 3.8) is 0 Å². The average molecular weight is 289 g/mol. The molecule has 1 saturated carbocycles. The second-order valence-electron chi connectivity index (χ2n) is 6.55. The molecule has 1 aromatic carbocycles. The minimum atomic E-state index is 0.326. The van der Waals surface area contributed by atoms with Crippen molar-refractivity contribution in [2.45, 2.75) is 25.2 Å². The van der Waals surface area contributed by atoms with E-state index in [9.17, 15) is 0 Å². The van der Waals surface area contributed by atoms with Crippen molar-refractivity contribution in [2.24, 2.45) is 11.3 Å². The lowest BCUT2D eigenvalue weighted by Crippen LogP contribution is -2.44. The lowest BCUT2D eigenvalue weighted by molar-refractivity contribution is -0.0217. The van der Waals surface area contributed by atoms with Gasteiger partial charge in [0.15, 0.2) is 0 Å². The topological polar surface area (TPSA) is 30.5 Å². The van der Waals surface area contributed by atoms with Gasteiger partial charge in [0.25, 0.3) is 0 Å². The van der Waals surface area contributed by atoms with Gasteiger partial charge >= 0.3 is 0 Å². The molecule has 1 aliphatic carbocycles. The molecule has 3 nitrogen and oxygen atoms in total. The van der Waals surface area contributed by atoms with Crippen LogP contribution in [0.1, 0.15) is 30.7 Å². The first kappa shape index (κ1) is 15.0. The molecule has 1 aliphatic heterocycles. The fraction of sp³-hybridized carbons (Fsp3) is 0.667. The Morgan fingerprint density at radius 1 is 1.33 bits per heavy atom. The van der Waals surface area contributed by atoms with Crippen molar-refractivity contribution < 1.29 is 9.47 Å². The molecule has 1 saturated heterocycles. The third kappa shape index (κ3) is 3.47. The van der Waals surface area contributed by atoms with Crippen molar-refractivity contribution in [3.05, 3.63) is 35.9 Å². The van der Waals surface area contributed by atoms with Crippen LogP contribution in [0.4, 0.5) is 0 Å². The van der Waals surface area contributed by atoms with Gasteiger partial charge in [0, 0.05) is 32.2 Å². The van der Waals surface area contributed by atoms with Gasteiger partial charge in [-0.2, -0.15) is 0 Å². The molecule has 1 N–H and O–H groups in total. The summed E-state index contributed by atoms with van der Waals surface area (Å²) in [6.45, 7) is 4.62. The predicted octanol–water partition coefficient (Wildman–Crippen LogP) is 2.82. The third-order valence-corrected chi connectivity index (χ3v) is 5.12. The molecular weight excluding hydrogens is 262 g/mol. The predicted molar refractivity (Wildman–Crippen MR) is 84.5 cm³/mol. The van der Waals surface area contributed by atoms with E-state index >= 15 is 0 Å². The van der Waals surface area contributed by atoms with E-state index in [1.54, 1.807) is 7.11 Å². The summed E-state index contributed by atoms with van der Waals surface area (Å²) in [5.74, 6) is 1.51. The Hall–Kier alpha value is -0.900. The highest BCUT2D eigenvalue weighted by atomic mass is 16.5. The highest BCUT2D eigenvalue weighted by Crippen LogP contribution is 2.59. The highest BCUT2D eigenvalue weighted by molar-refractivity contribution is 5.27. The van der Waals surface area contributed by atoms with Gasteiger partial charge in [-0.25, -0.2) is 0 Å². The SMILES string of the molecule is COCCNCC1(C2CC2c2ccccc2)CCCOC1. The fourth-order valence-electron chi connectivity index (χ4n) is 3.89. The molecule has 0 amide bonds. The van der Waals surface area contributed by atoms with E-state index in [2.05, 4.69) is 35.6 Å². The Balaban J connectivity index is 1.63. The summed E-state index contributed by atoms with van der Waals surface area (Å²) in [6.07, 6.45) is 3.81. The summed E-state index contributed by atoms with van der Waals surface area (Å²) >= 11 is 0. The highest BCUT2D eigenvalue weighted by Gasteiger charge is 2.53. The van der Waals surface area contributed by atoms with E-state index in [4.69, 9.17) is 9.47 Å². The first-order chi connectivity index (χ1) is 10.4. The van der Waals surface area contributed by atoms with E-state index in [0.29, 0.717) is 5.41 Å². The van der Waals surface area contributed by atoms with Crippen LogP contribution in [0.5, 0.6) is 0 Å². The zero-order valence-corrected chi connectivity index (χ0v) is 13.0. The Kier molecular flexibility index (Phi) is 4.94. The normalized spacial score (nSPS) is 32.0. The Bertz CT molecular complexity index is 428. The van der Waals surface area contributed by atoms with E-state index in [0.717, 1.165) is 44.7 Å². The standard InChI is InChI=1S/C18H27NO2/c1-20-11-9-19-13-18(8-5-10-21-14-18)17-12-16(17)15-6-3-2-4-7-15/h2-4,6-7,16-17,19H,5,8-14H2,1H3.